The fourth-order valence-electron chi connectivity index (χ4n) is 3.37. The van der Waals surface area contributed by atoms with Gasteiger partial charge in [-0.1, -0.05) is 23.3 Å². The van der Waals surface area contributed by atoms with Gasteiger partial charge in [-0.05, 0) is 41.8 Å². The van der Waals surface area contributed by atoms with Gasteiger partial charge in [-0.15, -0.1) is 16.4 Å². The summed E-state index contributed by atoms with van der Waals surface area (Å²) in [5.74, 6) is -1.33. The van der Waals surface area contributed by atoms with Gasteiger partial charge in [0.25, 0.3) is 11.7 Å². The smallest absolute Gasteiger partial charge is 0.316 e. The van der Waals surface area contributed by atoms with Crippen LogP contribution in [0.1, 0.15) is 32.5 Å². The van der Waals surface area contributed by atoms with Crippen LogP contribution in [0.25, 0.3) is 21.3 Å². The molecule has 4 aromatic rings. The zero-order valence-corrected chi connectivity index (χ0v) is 17.3. The maximum Gasteiger partial charge on any atom is 0.316 e. The molecule has 3 heterocycles. The number of nitrogens with zero attached hydrogens (tertiary/aromatic N) is 3. The van der Waals surface area contributed by atoms with E-state index in [-0.39, 0.29) is 22.8 Å². The van der Waals surface area contributed by atoms with Gasteiger partial charge < -0.3 is 20.8 Å². The first-order valence-electron chi connectivity index (χ1n) is 9.71. The highest BCUT2D eigenvalue weighted by Gasteiger charge is 2.27. The van der Waals surface area contributed by atoms with Crippen molar-refractivity contribution in [3.63, 3.8) is 0 Å². The Morgan fingerprint density at radius 3 is 2.62 bits per heavy atom. The van der Waals surface area contributed by atoms with Crippen LogP contribution in [0, 0.1) is 0 Å². The fraction of sp³-hybridized carbons (Fsp3) is 0.143. The number of benzene rings is 2. The Labute approximate surface area is 184 Å². The molecule has 32 heavy (non-hydrogen) atoms. The number of fused-ring (bicyclic) bond motifs is 1. The highest BCUT2D eigenvalue weighted by atomic mass is 32.1. The van der Waals surface area contributed by atoms with Crippen molar-refractivity contribution in [1.82, 2.24) is 20.5 Å². The summed E-state index contributed by atoms with van der Waals surface area (Å²) in [6.07, 6.45) is 0.593. The Balaban J connectivity index is 1.37. The number of carbonyl (C=O) groups excluding carboxylic acids is 3. The van der Waals surface area contributed by atoms with Crippen molar-refractivity contribution in [2.75, 3.05) is 11.9 Å². The number of hydrogen-bond donors (Lipinski definition) is 3. The van der Waals surface area contributed by atoms with Gasteiger partial charge in [0.15, 0.2) is 5.01 Å². The van der Waals surface area contributed by atoms with Gasteiger partial charge in [0.1, 0.15) is 6.04 Å². The molecule has 1 fully saturated rings. The van der Waals surface area contributed by atoms with E-state index in [1.165, 1.54) is 11.3 Å². The molecule has 11 heteroatoms. The molecule has 0 bridgehead atoms. The number of nitrogens with two attached hydrogens (primary N) is 1. The van der Waals surface area contributed by atoms with Gasteiger partial charge in [0.2, 0.25) is 11.8 Å². The number of primary amides is 1. The van der Waals surface area contributed by atoms with Gasteiger partial charge >= 0.3 is 6.01 Å². The van der Waals surface area contributed by atoms with Crippen LogP contribution >= 0.6 is 11.3 Å². The Morgan fingerprint density at radius 1 is 1.12 bits per heavy atom. The van der Waals surface area contributed by atoms with Crippen LogP contribution in [0.5, 0.6) is 0 Å². The lowest BCUT2D eigenvalue weighted by Gasteiger charge is -2.05. The molecular weight excluding hydrogens is 432 g/mol. The van der Waals surface area contributed by atoms with Crippen LogP contribution in [0.3, 0.4) is 0 Å². The summed E-state index contributed by atoms with van der Waals surface area (Å²) in [5, 5.41) is 13.3. The molecule has 5 rings (SSSR count). The SMILES string of the molecule is NC(=O)c1ccc(-c2ccc3nc(C(=O)c4nnc(N[C@H]5CCNC5=O)o4)sc3c2)cc1. The summed E-state index contributed by atoms with van der Waals surface area (Å²) in [5.41, 5.74) is 8.20. The number of ketones is 1. The van der Waals surface area contributed by atoms with Gasteiger partial charge in [-0.25, -0.2) is 4.98 Å². The van der Waals surface area contributed by atoms with Crippen LogP contribution in [0.4, 0.5) is 6.01 Å². The van der Waals surface area contributed by atoms with E-state index in [4.69, 9.17) is 10.2 Å². The summed E-state index contributed by atoms with van der Waals surface area (Å²) in [6.45, 7) is 0.569. The number of amides is 2. The number of aromatic nitrogens is 3. The van der Waals surface area contributed by atoms with Gasteiger partial charge in [0.05, 0.1) is 10.2 Å². The van der Waals surface area contributed by atoms with E-state index in [1.54, 1.807) is 12.1 Å². The molecule has 2 amide bonds. The molecule has 0 radical (unpaired) electrons. The first-order valence-corrected chi connectivity index (χ1v) is 10.5. The number of rotatable bonds is 6. The zero-order chi connectivity index (χ0) is 22.2. The van der Waals surface area contributed by atoms with Gasteiger partial charge in [0, 0.05) is 12.1 Å². The lowest BCUT2D eigenvalue weighted by atomic mass is 10.0. The molecule has 0 saturated carbocycles. The normalized spacial score (nSPS) is 15.6. The molecule has 1 saturated heterocycles. The maximum absolute atomic E-state index is 12.8. The molecule has 0 aliphatic carbocycles. The molecule has 0 spiro atoms. The monoisotopic (exact) mass is 448 g/mol. The van der Waals surface area contributed by atoms with Crippen molar-refractivity contribution in [1.29, 1.82) is 0 Å². The number of carbonyl (C=O) groups is 3. The van der Waals surface area contributed by atoms with E-state index in [9.17, 15) is 14.4 Å². The van der Waals surface area contributed by atoms with E-state index >= 15 is 0 Å². The van der Waals surface area contributed by atoms with Crippen LogP contribution in [-0.4, -0.2) is 45.4 Å². The largest absolute Gasteiger partial charge is 0.400 e. The van der Waals surface area contributed by atoms with Crippen molar-refractivity contribution in [3.05, 3.63) is 58.9 Å². The third-order valence-electron chi connectivity index (χ3n) is 5.05. The molecule has 1 aliphatic rings. The summed E-state index contributed by atoms with van der Waals surface area (Å²) >= 11 is 1.21. The third-order valence-corrected chi connectivity index (χ3v) is 6.07. The molecule has 1 atom stereocenters. The van der Waals surface area contributed by atoms with Crippen molar-refractivity contribution in [2.45, 2.75) is 12.5 Å². The van der Waals surface area contributed by atoms with Crippen molar-refractivity contribution < 1.29 is 18.8 Å². The van der Waals surface area contributed by atoms with Crippen LogP contribution in [0.2, 0.25) is 0 Å². The van der Waals surface area contributed by atoms with Gasteiger partial charge in [-0.2, -0.15) is 0 Å². The van der Waals surface area contributed by atoms with Gasteiger partial charge in [-0.3, -0.25) is 14.4 Å². The number of thiazole rings is 1. The van der Waals surface area contributed by atoms with E-state index in [2.05, 4.69) is 25.8 Å². The second kappa shape index (κ2) is 7.85. The minimum atomic E-state index is -0.491. The number of hydrogen-bond acceptors (Lipinski definition) is 9. The highest BCUT2D eigenvalue weighted by Crippen LogP contribution is 2.29. The lowest BCUT2D eigenvalue weighted by Crippen LogP contribution is -2.29. The first kappa shape index (κ1) is 19.8. The second-order valence-corrected chi connectivity index (χ2v) is 8.19. The zero-order valence-electron chi connectivity index (χ0n) is 16.5. The van der Waals surface area contributed by atoms with Crippen molar-refractivity contribution in [3.8, 4) is 11.1 Å². The quantitative estimate of drug-likeness (QED) is 0.379. The van der Waals surface area contributed by atoms with E-state index in [1.807, 2.05) is 30.3 Å². The van der Waals surface area contributed by atoms with E-state index < -0.39 is 17.7 Å². The maximum atomic E-state index is 12.8. The number of nitrogens with one attached hydrogen (secondary N) is 2. The minimum absolute atomic E-state index is 0.0122. The molecule has 2 aromatic heterocycles. The Kier molecular flexibility index (Phi) is 4.86. The fourth-order valence-corrected chi connectivity index (χ4v) is 4.31. The van der Waals surface area contributed by atoms with Crippen molar-refractivity contribution in [2.24, 2.45) is 5.73 Å². The van der Waals surface area contributed by atoms with Crippen LogP contribution in [0.15, 0.2) is 46.9 Å². The first-order chi connectivity index (χ1) is 15.5. The molecule has 2 aromatic carbocycles. The topological polar surface area (TPSA) is 153 Å². The molecular formula is C21H16N6O4S. The Bertz CT molecular complexity index is 1360. The van der Waals surface area contributed by atoms with E-state index in [0.717, 1.165) is 15.8 Å². The Hall–Kier alpha value is -4.12. The summed E-state index contributed by atoms with van der Waals surface area (Å²) in [4.78, 5) is 40.1. The minimum Gasteiger partial charge on any atom is -0.400 e. The molecule has 10 nitrogen and oxygen atoms in total. The van der Waals surface area contributed by atoms with Crippen LogP contribution in [-0.2, 0) is 4.79 Å². The standard InChI is InChI=1S/C21H16N6O4S/c22-17(29)11-3-1-10(2-4-11)12-5-6-13-15(9-12)32-20(24-13)16(28)19-26-27-21(31-19)25-14-7-8-23-18(14)30/h1-6,9,14H,7-8H2,(H2,22,29)(H,23,30)(H,25,27)/t14-/m0/s1. The van der Waals surface area contributed by atoms with Crippen molar-refractivity contribution >= 4 is 45.2 Å². The molecule has 0 unspecified atom stereocenters. The summed E-state index contributed by atoms with van der Waals surface area (Å²) in [7, 11) is 0. The lowest BCUT2D eigenvalue weighted by molar-refractivity contribution is -0.119. The highest BCUT2D eigenvalue weighted by molar-refractivity contribution is 7.20. The third kappa shape index (κ3) is 3.69. The Morgan fingerprint density at radius 2 is 1.91 bits per heavy atom. The van der Waals surface area contributed by atoms with E-state index in [0.29, 0.717) is 24.0 Å². The summed E-state index contributed by atoms with van der Waals surface area (Å²) in [6, 6.07) is 12.1. The predicted molar refractivity (Wildman–Crippen MR) is 116 cm³/mol. The van der Waals surface area contributed by atoms with Crippen LogP contribution < -0.4 is 16.4 Å². The summed E-state index contributed by atoms with van der Waals surface area (Å²) < 4.78 is 6.21. The average Bonchev–Trinajstić information content (AvgIpc) is 3.53. The molecule has 1 aliphatic heterocycles. The molecule has 4 N–H and O–H groups in total. The average molecular weight is 448 g/mol. The second-order valence-electron chi connectivity index (χ2n) is 7.16. The predicted octanol–water partition coefficient (Wildman–Crippen LogP) is 1.98. The molecule has 160 valence electrons. The number of anilines is 1.